The summed E-state index contributed by atoms with van der Waals surface area (Å²) in [5, 5.41) is 19.4. The first-order chi connectivity index (χ1) is 13.3. The van der Waals surface area contributed by atoms with Gasteiger partial charge in [-0.05, 0) is 68.2 Å². The molecule has 0 radical (unpaired) electrons. The van der Waals surface area contributed by atoms with Crippen molar-refractivity contribution in [2.75, 3.05) is 11.5 Å². The quantitative estimate of drug-likeness (QED) is 0.473. The van der Waals surface area contributed by atoms with Crippen molar-refractivity contribution in [3.05, 3.63) is 36.4 Å². The molecule has 0 amide bonds. The van der Waals surface area contributed by atoms with E-state index in [0.717, 1.165) is 32.1 Å². The molecular formula is C22H26N2O4. The van der Waals surface area contributed by atoms with Crippen LogP contribution >= 0.6 is 0 Å². The van der Waals surface area contributed by atoms with E-state index in [9.17, 15) is 10.2 Å². The van der Waals surface area contributed by atoms with Gasteiger partial charge < -0.3 is 31.2 Å². The van der Waals surface area contributed by atoms with Crippen LogP contribution in [0.5, 0.6) is 23.0 Å². The largest absolute Gasteiger partial charge is 0.506 e. The van der Waals surface area contributed by atoms with Crippen molar-refractivity contribution in [2.45, 2.75) is 49.7 Å². The van der Waals surface area contributed by atoms with Gasteiger partial charge >= 0.3 is 0 Å². The molecule has 148 valence electrons. The van der Waals surface area contributed by atoms with Crippen LogP contribution in [0.4, 0.5) is 11.4 Å². The number of phenolic OH excluding ortho intramolecular Hbond substituents is 2. The van der Waals surface area contributed by atoms with Gasteiger partial charge in [0.15, 0.2) is 0 Å². The molecule has 6 rings (SSSR count). The fraction of sp³-hybridized carbons (Fsp3) is 0.455. The second kappa shape index (κ2) is 5.87. The van der Waals surface area contributed by atoms with E-state index in [1.807, 2.05) is 0 Å². The molecule has 6 N–H and O–H groups in total. The Balaban J connectivity index is 1.43. The minimum Gasteiger partial charge on any atom is -0.506 e. The van der Waals surface area contributed by atoms with Gasteiger partial charge in [0, 0.05) is 18.6 Å². The molecule has 0 aliphatic heterocycles. The molecular weight excluding hydrogens is 356 g/mol. The fourth-order valence-corrected chi connectivity index (χ4v) is 6.03. The average molecular weight is 382 g/mol. The van der Waals surface area contributed by atoms with Crippen LogP contribution in [0.15, 0.2) is 36.4 Å². The maximum atomic E-state index is 9.69. The Bertz CT molecular complexity index is 843. The summed E-state index contributed by atoms with van der Waals surface area (Å²) >= 11 is 0. The molecule has 0 aromatic heterocycles. The summed E-state index contributed by atoms with van der Waals surface area (Å²) in [7, 11) is 0. The number of hydrogen-bond donors (Lipinski definition) is 4. The molecule has 0 unspecified atom stereocenters. The van der Waals surface area contributed by atoms with Crippen molar-refractivity contribution in [1.82, 2.24) is 0 Å². The zero-order chi connectivity index (χ0) is 19.5. The summed E-state index contributed by atoms with van der Waals surface area (Å²) in [5.74, 6) is 2.68. The Hall–Kier alpha value is -2.76. The van der Waals surface area contributed by atoms with Crippen LogP contribution in [0.3, 0.4) is 0 Å². The highest BCUT2D eigenvalue weighted by molar-refractivity contribution is 5.56. The number of nitrogen functional groups attached to an aromatic ring is 2. The lowest BCUT2D eigenvalue weighted by Gasteiger charge is -2.60. The number of hydrogen-bond acceptors (Lipinski definition) is 6. The number of aromatic hydroxyl groups is 2. The fourth-order valence-electron chi connectivity index (χ4n) is 6.03. The van der Waals surface area contributed by atoms with Crippen LogP contribution in [0, 0.1) is 11.8 Å². The number of benzene rings is 2. The van der Waals surface area contributed by atoms with Crippen molar-refractivity contribution in [3.63, 3.8) is 0 Å². The third-order valence-electron chi connectivity index (χ3n) is 6.62. The predicted octanol–water partition coefficient (Wildman–Crippen LogP) is 3.81. The number of anilines is 2. The Labute approximate surface area is 164 Å². The van der Waals surface area contributed by atoms with Gasteiger partial charge in [0.1, 0.15) is 34.2 Å². The molecule has 0 heterocycles. The van der Waals surface area contributed by atoms with Gasteiger partial charge in [-0.1, -0.05) is 0 Å². The zero-order valence-corrected chi connectivity index (χ0v) is 15.7. The normalized spacial score (nSPS) is 33.0. The second-order valence-electron chi connectivity index (χ2n) is 8.97. The third kappa shape index (κ3) is 2.87. The van der Waals surface area contributed by atoms with Crippen molar-refractivity contribution in [2.24, 2.45) is 11.8 Å². The summed E-state index contributed by atoms with van der Waals surface area (Å²) in [6, 6.07) is 10.1. The van der Waals surface area contributed by atoms with Gasteiger partial charge in [-0.3, -0.25) is 0 Å². The van der Waals surface area contributed by atoms with Gasteiger partial charge in [-0.25, -0.2) is 0 Å². The van der Waals surface area contributed by atoms with Crippen LogP contribution < -0.4 is 20.9 Å². The SMILES string of the molecule is Nc1cc(OC23CC4CC(C2)CC(Oc2ccc(O)c(N)c2)(C4)C3)ccc1O. The zero-order valence-electron chi connectivity index (χ0n) is 15.7. The highest BCUT2D eigenvalue weighted by Gasteiger charge is 2.60. The molecule has 0 spiro atoms. The summed E-state index contributed by atoms with van der Waals surface area (Å²) in [6.45, 7) is 0. The number of phenols is 2. The smallest absolute Gasteiger partial charge is 0.138 e. The van der Waals surface area contributed by atoms with Crippen molar-refractivity contribution >= 4 is 11.4 Å². The van der Waals surface area contributed by atoms with Crippen molar-refractivity contribution < 1.29 is 19.7 Å². The minimum absolute atomic E-state index is 0.0718. The summed E-state index contributed by atoms with van der Waals surface area (Å²) in [4.78, 5) is 0. The maximum Gasteiger partial charge on any atom is 0.138 e. The molecule has 4 fully saturated rings. The number of ether oxygens (including phenoxy) is 2. The Morgan fingerprint density at radius 3 is 1.57 bits per heavy atom. The van der Waals surface area contributed by atoms with E-state index in [2.05, 4.69) is 0 Å². The molecule has 4 bridgehead atoms. The lowest BCUT2D eigenvalue weighted by molar-refractivity contribution is -0.177. The van der Waals surface area contributed by atoms with Crippen molar-refractivity contribution in [1.29, 1.82) is 0 Å². The minimum atomic E-state index is -0.268. The lowest BCUT2D eigenvalue weighted by Crippen LogP contribution is -2.63. The second-order valence-corrected chi connectivity index (χ2v) is 8.97. The third-order valence-corrected chi connectivity index (χ3v) is 6.62. The molecule has 4 aliphatic rings. The maximum absolute atomic E-state index is 9.69. The highest BCUT2D eigenvalue weighted by Crippen LogP contribution is 2.60. The van der Waals surface area contributed by atoms with Crippen LogP contribution in [0.1, 0.15) is 38.5 Å². The molecule has 6 nitrogen and oxygen atoms in total. The average Bonchev–Trinajstić information content (AvgIpc) is 2.60. The summed E-state index contributed by atoms with van der Waals surface area (Å²) in [6.07, 6.45) is 6.13. The lowest BCUT2D eigenvalue weighted by atomic mass is 9.52. The van der Waals surface area contributed by atoms with Gasteiger partial charge in [-0.2, -0.15) is 0 Å². The van der Waals surface area contributed by atoms with Crippen LogP contribution in [-0.2, 0) is 0 Å². The van der Waals surface area contributed by atoms with E-state index in [-0.39, 0.29) is 22.7 Å². The van der Waals surface area contributed by atoms with E-state index in [1.165, 1.54) is 6.42 Å². The number of rotatable bonds is 4. The molecule has 2 aromatic carbocycles. The predicted molar refractivity (Wildman–Crippen MR) is 106 cm³/mol. The molecule has 0 saturated heterocycles. The van der Waals surface area contributed by atoms with E-state index in [4.69, 9.17) is 20.9 Å². The molecule has 4 saturated carbocycles. The molecule has 28 heavy (non-hydrogen) atoms. The van der Waals surface area contributed by atoms with E-state index < -0.39 is 0 Å². The van der Waals surface area contributed by atoms with E-state index in [1.54, 1.807) is 36.4 Å². The van der Waals surface area contributed by atoms with Gasteiger partial charge in [0.2, 0.25) is 0 Å². The van der Waals surface area contributed by atoms with Gasteiger partial charge in [0.05, 0.1) is 11.4 Å². The first kappa shape index (κ1) is 17.3. The first-order valence-corrected chi connectivity index (χ1v) is 9.89. The standard InChI is InChI=1S/C22H26N2O4/c23-17-6-15(1-3-19(17)25)27-21-8-13-5-14(9-21)11-22(10-13,12-21)28-16-2-4-20(26)18(24)7-16/h1-4,6-7,13-14,25-26H,5,8-12,23-24H2. The Morgan fingerprint density at radius 1 is 0.750 bits per heavy atom. The Morgan fingerprint density at radius 2 is 1.18 bits per heavy atom. The monoisotopic (exact) mass is 382 g/mol. The highest BCUT2D eigenvalue weighted by atomic mass is 16.5. The van der Waals surface area contributed by atoms with Gasteiger partial charge in [0.25, 0.3) is 0 Å². The van der Waals surface area contributed by atoms with E-state index >= 15 is 0 Å². The van der Waals surface area contributed by atoms with Crippen LogP contribution in [0.2, 0.25) is 0 Å². The van der Waals surface area contributed by atoms with Crippen LogP contribution in [-0.4, -0.2) is 21.4 Å². The first-order valence-electron chi connectivity index (χ1n) is 9.89. The van der Waals surface area contributed by atoms with Crippen LogP contribution in [0.25, 0.3) is 0 Å². The molecule has 6 heteroatoms. The Kier molecular flexibility index (Phi) is 3.63. The van der Waals surface area contributed by atoms with Gasteiger partial charge in [-0.15, -0.1) is 0 Å². The van der Waals surface area contributed by atoms with E-state index in [0.29, 0.717) is 34.7 Å². The molecule has 2 aromatic rings. The van der Waals surface area contributed by atoms with Crippen molar-refractivity contribution in [3.8, 4) is 23.0 Å². The number of nitrogens with two attached hydrogens (primary N) is 2. The summed E-state index contributed by atoms with van der Waals surface area (Å²) < 4.78 is 13.0. The topological polar surface area (TPSA) is 111 Å². The molecule has 4 aliphatic carbocycles. The molecule has 0 atom stereocenters. The summed E-state index contributed by atoms with van der Waals surface area (Å²) in [5.41, 5.74) is 11.8.